The highest BCUT2D eigenvalue weighted by Gasteiger charge is 2.34. The minimum absolute atomic E-state index is 0.0594. The third-order valence-electron chi connectivity index (χ3n) is 2.79. The lowest BCUT2D eigenvalue weighted by molar-refractivity contribution is 0.413. The third kappa shape index (κ3) is 3.33. The molecule has 90 valence electrons. The fraction of sp³-hybridized carbons (Fsp3) is 1.00. The van der Waals surface area contributed by atoms with Crippen LogP contribution in [-0.2, 0) is 10.0 Å². The Morgan fingerprint density at radius 3 is 2.20 bits per heavy atom. The molecule has 0 saturated heterocycles. The molecule has 0 aliphatic heterocycles. The van der Waals surface area contributed by atoms with Crippen LogP contribution in [0.3, 0.4) is 0 Å². The number of alkyl halides is 1. The van der Waals surface area contributed by atoms with Crippen molar-refractivity contribution < 1.29 is 8.42 Å². The number of sulfonamides is 1. The van der Waals surface area contributed by atoms with Gasteiger partial charge in [0.2, 0.25) is 10.0 Å². The van der Waals surface area contributed by atoms with Gasteiger partial charge in [-0.1, -0.05) is 12.8 Å². The first-order valence-corrected chi connectivity index (χ1v) is 7.32. The van der Waals surface area contributed by atoms with Gasteiger partial charge in [-0.15, -0.1) is 11.6 Å². The maximum absolute atomic E-state index is 11.9. The molecule has 3 nitrogen and oxygen atoms in total. The number of halogens is 1. The highest BCUT2D eigenvalue weighted by atomic mass is 35.5. The Kier molecular flexibility index (Phi) is 4.07. The summed E-state index contributed by atoms with van der Waals surface area (Å²) in [5, 5.41) is -0.0594. The molecule has 1 fully saturated rings. The van der Waals surface area contributed by atoms with Gasteiger partial charge < -0.3 is 0 Å². The smallest absolute Gasteiger partial charge is 0.212 e. The quantitative estimate of drug-likeness (QED) is 0.768. The van der Waals surface area contributed by atoms with E-state index in [1.54, 1.807) is 20.8 Å². The van der Waals surface area contributed by atoms with Crippen LogP contribution in [0.5, 0.6) is 0 Å². The summed E-state index contributed by atoms with van der Waals surface area (Å²) in [6, 6.07) is -0.0929. The molecule has 15 heavy (non-hydrogen) atoms. The summed E-state index contributed by atoms with van der Waals surface area (Å²) >= 11 is 6.11. The fourth-order valence-electron chi connectivity index (χ4n) is 1.59. The van der Waals surface area contributed by atoms with Crippen molar-refractivity contribution in [1.29, 1.82) is 0 Å². The molecule has 0 heterocycles. The van der Waals surface area contributed by atoms with Crippen molar-refractivity contribution in [3.63, 3.8) is 0 Å². The number of nitrogens with one attached hydrogen (secondary N) is 1. The van der Waals surface area contributed by atoms with Crippen LogP contribution in [0.25, 0.3) is 0 Å². The Labute approximate surface area is 97.6 Å². The van der Waals surface area contributed by atoms with E-state index < -0.39 is 14.8 Å². The van der Waals surface area contributed by atoms with Crippen LogP contribution in [0.15, 0.2) is 0 Å². The monoisotopic (exact) mass is 253 g/mol. The van der Waals surface area contributed by atoms with Crippen molar-refractivity contribution in [3.05, 3.63) is 0 Å². The molecule has 1 aliphatic carbocycles. The molecule has 0 spiro atoms. The molecule has 0 aromatic heterocycles. The predicted molar refractivity (Wildman–Crippen MR) is 63.7 cm³/mol. The molecule has 1 saturated carbocycles. The minimum Gasteiger partial charge on any atom is -0.212 e. The van der Waals surface area contributed by atoms with Crippen LogP contribution in [0.2, 0.25) is 0 Å². The molecule has 1 rings (SSSR count). The standard InChI is InChI=1S/C10H20ClNO2S/c1-10(2,3)15(13,14)12-9-7-5-4-6-8(9)11/h8-9,12H,4-7H2,1-3H3. The van der Waals surface area contributed by atoms with Crippen molar-refractivity contribution in [1.82, 2.24) is 4.72 Å². The maximum Gasteiger partial charge on any atom is 0.216 e. The number of hydrogen-bond donors (Lipinski definition) is 1. The average Bonchev–Trinajstić information content (AvgIpc) is 2.06. The molecular weight excluding hydrogens is 234 g/mol. The molecule has 1 N–H and O–H groups in total. The van der Waals surface area contributed by atoms with Crippen LogP contribution < -0.4 is 4.72 Å². The van der Waals surface area contributed by atoms with Crippen molar-refractivity contribution in [3.8, 4) is 0 Å². The lowest BCUT2D eigenvalue weighted by Gasteiger charge is -2.30. The summed E-state index contributed by atoms with van der Waals surface area (Å²) in [4.78, 5) is 0. The number of hydrogen-bond acceptors (Lipinski definition) is 2. The van der Waals surface area contributed by atoms with Crippen molar-refractivity contribution >= 4 is 21.6 Å². The molecule has 2 atom stereocenters. The Balaban J connectivity index is 2.69. The minimum atomic E-state index is -3.26. The van der Waals surface area contributed by atoms with Gasteiger partial charge in [0, 0.05) is 11.4 Å². The van der Waals surface area contributed by atoms with E-state index in [0.29, 0.717) is 0 Å². The van der Waals surface area contributed by atoms with E-state index in [9.17, 15) is 8.42 Å². The van der Waals surface area contributed by atoms with Gasteiger partial charge in [-0.2, -0.15) is 0 Å². The molecule has 1 aliphatic rings. The molecule has 0 radical (unpaired) electrons. The highest BCUT2D eigenvalue weighted by molar-refractivity contribution is 7.90. The van der Waals surface area contributed by atoms with Crippen LogP contribution in [0, 0.1) is 0 Å². The van der Waals surface area contributed by atoms with E-state index in [1.165, 1.54) is 0 Å². The zero-order valence-electron chi connectivity index (χ0n) is 9.59. The summed E-state index contributed by atoms with van der Waals surface area (Å²) < 4.78 is 25.8. The first-order valence-electron chi connectivity index (χ1n) is 5.40. The van der Waals surface area contributed by atoms with Crippen LogP contribution >= 0.6 is 11.6 Å². The molecule has 5 heteroatoms. The van der Waals surface area contributed by atoms with E-state index in [-0.39, 0.29) is 11.4 Å². The zero-order valence-corrected chi connectivity index (χ0v) is 11.2. The Hall–Kier alpha value is 0.200. The molecule has 0 aromatic rings. The summed E-state index contributed by atoms with van der Waals surface area (Å²) in [7, 11) is -3.26. The van der Waals surface area contributed by atoms with Gasteiger partial charge in [0.1, 0.15) is 0 Å². The second-order valence-corrected chi connectivity index (χ2v) is 8.17. The second-order valence-electron chi connectivity index (χ2n) is 5.14. The zero-order chi connectivity index (χ0) is 11.7. The van der Waals surface area contributed by atoms with Crippen LogP contribution in [-0.4, -0.2) is 24.6 Å². The molecule has 0 amide bonds. The largest absolute Gasteiger partial charge is 0.216 e. The lowest BCUT2D eigenvalue weighted by atomic mass is 9.96. The molecule has 2 unspecified atom stereocenters. The van der Waals surface area contributed by atoms with Gasteiger partial charge >= 0.3 is 0 Å². The predicted octanol–water partition coefficient (Wildman–Crippen LogP) is 2.25. The first kappa shape index (κ1) is 13.3. The van der Waals surface area contributed by atoms with Gasteiger partial charge in [0.25, 0.3) is 0 Å². The van der Waals surface area contributed by atoms with E-state index >= 15 is 0 Å². The van der Waals surface area contributed by atoms with Gasteiger partial charge in [0.05, 0.1) is 4.75 Å². The van der Waals surface area contributed by atoms with E-state index in [4.69, 9.17) is 11.6 Å². The van der Waals surface area contributed by atoms with E-state index in [0.717, 1.165) is 25.7 Å². The summed E-state index contributed by atoms with van der Waals surface area (Å²) in [6.07, 6.45) is 3.91. The van der Waals surface area contributed by atoms with Crippen LogP contribution in [0.1, 0.15) is 46.5 Å². The number of rotatable bonds is 2. The second kappa shape index (κ2) is 4.60. The Morgan fingerprint density at radius 2 is 1.73 bits per heavy atom. The molecule has 0 aromatic carbocycles. The SMILES string of the molecule is CC(C)(C)S(=O)(=O)NC1CCCCC1Cl. The molecular formula is C10H20ClNO2S. The summed E-state index contributed by atoms with van der Waals surface area (Å²) in [6.45, 7) is 5.09. The van der Waals surface area contributed by atoms with Gasteiger partial charge in [-0.25, -0.2) is 13.1 Å². The average molecular weight is 254 g/mol. The van der Waals surface area contributed by atoms with Crippen molar-refractivity contribution in [2.75, 3.05) is 0 Å². The fourth-order valence-corrected chi connectivity index (χ4v) is 3.05. The normalized spacial score (nSPS) is 29.1. The molecule has 0 bridgehead atoms. The van der Waals surface area contributed by atoms with E-state index in [1.807, 2.05) is 0 Å². The van der Waals surface area contributed by atoms with Crippen molar-refractivity contribution in [2.24, 2.45) is 0 Å². The summed E-state index contributed by atoms with van der Waals surface area (Å²) in [5.41, 5.74) is 0. The van der Waals surface area contributed by atoms with Gasteiger partial charge in [-0.05, 0) is 33.6 Å². The maximum atomic E-state index is 11.9. The first-order chi connectivity index (χ1) is 6.74. The topological polar surface area (TPSA) is 46.2 Å². The summed E-state index contributed by atoms with van der Waals surface area (Å²) in [5.74, 6) is 0. The third-order valence-corrected chi connectivity index (χ3v) is 5.54. The highest BCUT2D eigenvalue weighted by Crippen LogP contribution is 2.25. The van der Waals surface area contributed by atoms with Crippen LogP contribution in [0.4, 0.5) is 0 Å². The Bertz CT molecular complexity index is 308. The Morgan fingerprint density at radius 1 is 1.20 bits per heavy atom. The lowest BCUT2D eigenvalue weighted by Crippen LogP contribution is -2.49. The van der Waals surface area contributed by atoms with E-state index in [2.05, 4.69) is 4.72 Å². The van der Waals surface area contributed by atoms with Gasteiger partial charge in [-0.3, -0.25) is 0 Å². The van der Waals surface area contributed by atoms with Gasteiger partial charge in [0.15, 0.2) is 0 Å². The van der Waals surface area contributed by atoms with Crippen molar-refractivity contribution in [2.45, 2.75) is 62.6 Å².